The zero-order valence-electron chi connectivity index (χ0n) is 13.1. The molecule has 1 saturated heterocycles. The first-order valence-electron chi connectivity index (χ1n) is 6.63. The summed E-state index contributed by atoms with van der Waals surface area (Å²) >= 11 is 0. The lowest BCUT2D eigenvalue weighted by Crippen LogP contribution is -2.46. The molecule has 0 aliphatic carbocycles. The van der Waals surface area contributed by atoms with Crippen LogP contribution in [0.25, 0.3) is 0 Å². The predicted octanol–water partition coefficient (Wildman–Crippen LogP) is 3.23. The van der Waals surface area contributed by atoms with Crippen LogP contribution in [-0.4, -0.2) is 28.6 Å². The Hall–Kier alpha value is -1.10. The summed E-state index contributed by atoms with van der Waals surface area (Å²) in [5.41, 5.74) is 2.33. The highest BCUT2D eigenvalue weighted by Gasteiger charge is 2.37. The molecule has 0 radical (unpaired) electrons. The number of hydrogen-bond donors (Lipinski definition) is 1. The molecular formula is C14H26N2O3. The molecule has 1 aliphatic rings. The normalized spacial score (nSPS) is 21.7. The van der Waals surface area contributed by atoms with E-state index < -0.39 is 11.7 Å². The lowest BCUT2D eigenvalue weighted by Gasteiger charge is -2.41. The number of nitrogens with one attached hydrogen (secondary N) is 1. The monoisotopic (exact) mass is 270 g/mol. The number of carbonyl (C=O) groups is 1. The summed E-state index contributed by atoms with van der Waals surface area (Å²) in [7, 11) is 0. The highest BCUT2D eigenvalue weighted by molar-refractivity contribution is 5.87. The third-order valence-electron chi connectivity index (χ3n) is 2.52. The summed E-state index contributed by atoms with van der Waals surface area (Å²) in [5, 5.41) is 4.17. The van der Waals surface area contributed by atoms with Crippen molar-refractivity contribution in [3.8, 4) is 0 Å². The van der Waals surface area contributed by atoms with Gasteiger partial charge in [0.2, 0.25) is 0 Å². The second kappa shape index (κ2) is 5.12. The quantitative estimate of drug-likeness (QED) is 0.744. The number of carbonyl (C=O) groups excluding carboxylic acids is 1. The molecule has 0 aromatic rings. The van der Waals surface area contributed by atoms with E-state index in [1.165, 1.54) is 0 Å². The van der Waals surface area contributed by atoms with E-state index in [-0.39, 0.29) is 11.2 Å². The van der Waals surface area contributed by atoms with Crippen LogP contribution in [0.1, 0.15) is 61.3 Å². The van der Waals surface area contributed by atoms with Crippen LogP contribution in [0.5, 0.6) is 0 Å². The maximum absolute atomic E-state index is 11.6. The molecule has 1 aliphatic heterocycles. The summed E-state index contributed by atoms with van der Waals surface area (Å²) in [6.07, 6.45) is 0.875. The van der Waals surface area contributed by atoms with E-state index in [0.29, 0.717) is 12.8 Å². The zero-order valence-corrected chi connectivity index (χ0v) is 13.1. The molecule has 1 rings (SSSR count). The number of nitrogens with zero attached hydrogens (tertiary/aromatic N) is 1. The number of amides is 1. The standard InChI is InChI=1S/C14H26N2O3/c1-12(2,3)18-11(17)16-15-10-8-13(4,5)19-14(6,7)9-10/h8-9H2,1-7H3,(H,16,17). The Morgan fingerprint density at radius 1 is 1.21 bits per heavy atom. The van der Waals surface area contributed by atoms with Gasteiger partial charge in [0.25, 0.3) is 0 Å². The van der Waals surface area contributed by atoms with Crippen LogP contribution in [0.3, 0.4) is 0 Å². The highest BCUT2D eigenvalue weighted by atomic mass is 16.6. The van der Waals surface area contributed by atoms with Crippen LogP contribution in [0, 0.1) is 0 Å². The minimum atomic E-state index is -0.526. The third kappa shape index (κ3) is 6.05. The molecule has 5 heteroatoms. The van der Waals surface area contributed by atoms with Crippen molar-refractivity contribution in [3.63, 3.8) is 0 Å². The van der Waals surface area contributed by atoms with Crippen LogP contribution in [-0.2, 0) is 9.47 Å². The van der Waals surface area contributed by atoms with E-state index in [9.17, 15) is 4.79 Å². The Balaban J connectivity index is 2.64. The average molecular weight is 270 g/mol. The topological polar surface area (TPSA) is 59.9 Å². The van der Waals surface area contributed by atoms with Crippen molar-refractivity contribution in [1.29, 1.82) is 0 Å². The van der Waals surface area contributed by atoms with Gasteiger partial charge in [0.15, 0.2) is 0 Å². The Morgan fingerprint density at radius 3 is 2.11 bits per heavy atom. The molecule has 0 aromatic heterocycles. The number of hydrazone groups is 1. The third-order valence-corrected chi connectivity index (χ3v) is 2.52. The fourth-order valence-electron chi connectivity index (χ4n) is 2.37. The summed E-state index contributed by atoms with van der Waals surface area (Å²) in [5.74, 6) is 0. The highest BCUT2D eigenvalue weighted by Crippen LogP contribution is 2.33. The van der Waals surface area contributed by atoms with Gasteiger partial charge in [-0.3, -0.25) is 0 Å². The van der Waals surface area contributed by atoms with E-state index in [4.69, 9.17) is 9.47 Å². The number of hydrogen-bond acceptors (Lipinski definition) is 4. The second-order valence-corrected chi connectivity index (χ2v) is 7.27. The lowest BCUT2D eigenvalue weighted by atomic mass is 9.87. The van der Waals surface area contributed by atoms with E-state index in [2.05, 4.69) is 10.5 Å². The van der Waals surface area contributed by atoms with E-state index in [1.54, 1.807) is 0 Å². The molecule has 1 amide bonds. The average Bonchev–Trinajstić information content (AvgIpc) is 2.06. The van der Waals surface area contributed by atoms with Crippen LogP contribution in [0.4, 0.5) is 4.79 Å². The van der Waals surface area contributed by atoms with Crippen LogP contribution in [0.15, 0.2) is 5.10 Å². The van der Waals surface area contributed by atoms with Crippen molar-refractivity contribution >= 4 is 11.8 Å². The van der Waals surface area contributed by atoms with Gasteiger partial charge in [-0.15, -0.1) is 0 Å². The fourth-order valence-corrected chi connectivity index (χ4v) is 2.37. The van der Waals surface area contributed by atoms with Crippen molar-refractivity contribution in [2.24, 2.45) is 5.10 Å². The molecule has 0 spiro atoms. The minimum absolute atomic E-state index is 0.268. The Kier molecular flexibility index (Phi) is 4.30. The van der Waals surface area contributed by atoms with Crippen molar-refractivity contribution in [1.82, 2.24) is 5.43 Å². The van der Waals surface area contributed by atoms with Crippen molar-refractivity contribution in [3.05, 3.63) is 0 Å². The summed E-state index contributed by atoms with van der Waals surface area (Å²) < 4.78 is 11.1. The second-order valence-electron chi connectivity index (χ2n) is 7.27. The maximum atomic E-state index is 11.6. The summed E-state index contributed by atoms with van der Waals surface area (Å²) in [6.45, 7) is 13.6. The molecule has 0 saturated carbocycles. The summed E-state index contributed by atoms with van der Waals surface area (Å²) in [4.78, 5) is 11.6. The van der Waals surface area contributed by atoms with E-state index >= 15 is 0 Å². The van der Waals surface area contributed by atoms with Gasteiger partial charge in [-0.25, -0.2) is 10.2 Å². The number of rotatable bonds is 1. The zero-order chi connectivity index (χ0) is 14.9. The lowest BCUT2D eigenvalue weighted by molar-refractivity contribution is -0.126. The maximum Gasteiger partial charge on any atom is 0.428 e. The molecule has 0 bridgehead atoms. The van der Waals surface area contributed by atoms with Gasteiger partial charge < -0.3 is 9.47 Å². The Labute approximate surface area is 115 Å². The SMILES string of the molecule is CC(C)(C)OC(=O)NN=C1CC(C)(C)OC(C)(C)C1. The Bertz CT molecular complexity index is 361. The number of ether oxygens (including phenoxy) is 2. The van der Waals surface area contributed by atoms with E-state index in [1.807, 2.05) is 48.5 Å². The molecule has 0 aromatic carbocycles. The molecule has 19 heavy (non-hydrogen) atoms. The van der Waals surface area contributed by atoms with Gasteiger partial charge in [0, 0.05) is 18.6 Å². The smallest absolute Gasteiger partial charge is 0.428 e. The van der Waals surface area contributed by atoms with Crippen LogP contribution >= 0.6 is 0 Å². The molecule has 110 valence electrons. The molecule has 1 N–H and O–H groups in total. The van der Waals surface area contributed by atoms with Gasteiger partial charge in [-0.05, 0) is 48.5 Å². The van der Waals surface area contributed by atoms with Gasteiger partial charge in [-0.2, -0.15) is 5.10 Å². The van der Waals surface area contributed by atoms with Gasteiger partial charge in [0.1, 0.15) is 5.60 Å². The first-order chi connectivity index (χ1) is 8.39. The molecule has 1 heterocycles. The molecule has 0 atom stereocenters. The van der Waals surface area contributed by atoms with Crippen LogP contribution in [0.2, 0.25) is 0 Å². The molecule has 5 nitrogen and oxygen atoms in total. The first kappa shape index (κ1) is 16.0. The molecule has 0 unspecified atom stereocenters. The fraction of sp³-hybridized carbons (Fsp3) is 0.857. The Morgan fingerprint density at radius 2 is 1.68 bits per heavy atom. The predicted molar refractivity (Wildman–Crippen MR) is 75.3 cm³/mol. The van der Waals surface area contributed by atoms with Gasteiger partial charge in [-0.1, -0.05) is 0 Å². The van der Waals surface area contributed by atoms with Gasteiger partial charge >= 0.3 is 6.09 Å². The van der Waals surface area contributed by atoms with Crippen molar-refractivity contribution < 1.29 is 14.3 Å². The first-order valence-corrected chi connectivity index (χ1v) is 6.63. The summed E-state index contributed by atoms with van der Waals surface area (Å²) in [6, 6.07) is 0. The minimum Gasteiger partial charge on any atom is -0.443 e. The van der Waals surface area contributed by atoms with Crippen LogP contribution < -0.4 is 5.43 Å². The molecular weight excluding hydrogens is 244 g/mol. The van der Waals surface area contributed by atoms with Crippen molar-refractivity contribution in [2.45, 2.75) is 78.1 Å². The van der Waals surface area contributed by atoms with Crippen molar-refractivity contribution in [2.75, 3.05) is 0 Å². The van der Waals surface area contributed by atoms with Gasteiger partial charge in [0.05, 0.1) is 11.2 Å². The molecule has 1 fully saturated rings. The largest absolute Gasteiger partial charge is 0.443 e. The van der Waals surface area contributed by atoms with E-state index in [0.717, 1.165) is 5.71 Å².